The lowest BCUT2D eigenvalue weighted by molar-refractivity contribution is 0.398. The smallest absolute Gasteiger partial charge is 0.212 e. The van der Waals surface area contributed by atoms with E-state index in [1.807, 2.05) is 31.2 Å². The maximum atomic E-state index is 5.81. The monoisotopic (exact) mass is 228 g/mol. The van der Waals surface area contributed by atoms with Crippen LogP contribution in [0.15, 0.2) is 42.6 Å². The van der Waals surface area contributed by atoms with Crippen LogP contribution in [0.4, 0.5) is 0 Å². The molecule has 0 fully saturated rings. The number of ether oxygens (including phenoxy) is 1. The minimum atomic E-state index is 0.0676. The Kier molecular flexibility index (Phi) is 3.40. The van der Waals surface area contributed by atoms with Gasteiger partial charge in [-0.3, -0.25) is 0 Å². The Balaban J connectivity index is 2.26. The first-order valence-electron chi connectivity index (χ1n) is 5.56. The van der Waals surface area contributed by atoms with Crippen LogP contribution in [0.2, 0.25) is 0 Å². The first kappa shape index (κ1) is 11.6. The molecule has 0 spiro atoms. The van der Waals surface area contributed by atoms with E-state index in [1.54, 1.807) is 13.3 Å². The summed E-state index contributed by atoms with van der Waals surface area (Å²) in [5.41, 5.74) is 9.15. The SMILES string of the molecule is COc1ccc(-c2ccc(C(C)N)cc2)cn1. The molecular weight excluding hydrogens is 212 g/mol. The molecule has 88 valence electrons. The maximum Gasteiger partial charge on any atom is 0.212 e. The number of pyridine rings is 1. The molecule has 0 amide bonds. The van der Waals surface area contributed by atoms with Crippen molar-refractivity contribution < 1.29 is 4.74 Å². The van der Waals surface area contributed by atoms with Crippen LogP contribution >= 0.6 is 0 Å². The molecule has 0 aliphatic heterocycles. The van der Waals surface area contributed by atoms with Crippen LogP contribution in [-0.4, -0.2) is 12.1 Å². The Hall–Kier alpha value is -1.87. The largest absolute Gasteiger partial charge is 0.481 e. The zero-order valence-corrected chi connectivity index (χ0v) is 10.1. The first-order valence-corrected chi connectivity index (χ1v) is 5.56. The van der Waals surface area contributed by atoms with E-state index in [-0.39, 0.29) is 6.04 Å². The van der Waals surface area contributed by atoms with Gasteiger partial charge in [0.05, 0.1) is 7.11 Å². The summed E-state index contributed by atoms with van der Waals surface area (Å²) in [5.74, 6) is 0.626. The van der Waals surface area contributed by atoms with E-state index < -0.39 is 0 Å². The lowest BCUT2D eigenvalue weighted by Gasteiger charge is -2.07. The lowest BCUT2D eigenvalue weighted by atomic mass is 10.0. The normalized spacial score (nSPS) is 12.2. The molecule has 2 rings (SSSR count). The van der Waals surface area contributed by atoms with E-state index in [2.05, 4.69) is 17.1 Å². The summed E-state index contributed by atoms with van der Waals surface area (Å²) in [5, 5.41) is 0. The van der Waals surface area contributed by atoms with Crippen molar-refractivity contribution in [3.05, 3.63) is 48.2 Å². The average molecular weight is 228 g/mol. The van der Waals surface area contributed by atoms with Crippen molar-refractivity contribution in [2.24, 2.45) is 5.73 Å². The number of hydrogen-bond donors (Lipinski definition) is 1. The molecular formula is C14H16N2O. The molecule has 17 heavy (non-hydrogen) atoms. The van der Waals surface area contributed by atoms with Crippen molar-refractivity contribution in [1.82, 2.24) is 4.98 Å². The van der Waals surface area contributed by atoms with Crippen molar-refractivity contribution in [3.63, 3.8) is 0 Å². The molecule has 3 nitrogen and oxygen atoms in total. The van der Waals surface area contributed by atoms with E-state index in [1.165, 1.54) is 0 Å². The molecule has 1 heterocycles. The number of aromatic nitrogens is 1. The summed E-state index contributed by atoms with van der Waals surface area (Å²) >= 11 is 0. The van der Waals surface area contributed by atoms with E-state index in [9.17, 15) is 0 Å². The molecule has 1 aromatic heterocycles. The fourth-order valence-electron chi connectivity index (χ4n) is 1.65. The van der Waals surface area contributed by atoms with Gasteiger partial charge in [0.2, 0.25) is 5.88 Å². The topological polar surface area (TPSA) is 48.1 Å². The molecule has 0 radical (unpaired) electrons. The zero-order chi connectivity index (χ0) is 12.3. The summed E-state index contributed by atoms with van der Waals surface area (Å²) in [6, 6.07) is 12.1. The van der Waals surface area contributed by atoms with Crippen LogP contribution < -0.4 is 10.5 Å². The Labute approximate surface area is 101 Å². The van der Waals surface area contributed by atoms with Gasteiger partial charge in [0, 0.05) is 23.9 Å². The van der Waals surface area contributed by atoms with Gasteiger partial charge in [-0.2, -0.15) is 0 Å². The van der Waals surface area contributed by atoms with Crippen LogP contribution in [0.25, 0.3) is 11.1 Å². The standard InChI is InChI=1S/C14H16N2O/c1-10(15)11-3-5-12(6-4-11)13-7-8-14(17-2)16-9-13/h3-10H,15H2,1-2H3. The molecule has 0 aliphatic rings. The second-order valence-corrected chi connectivity index (χ2v) is 4.00. The molecule has 1 unspecified atom stereocenters. The maximum absolute atomic E-state index is 5.81. The highest BCUT2D eigenvalue weighted by Gasteiger charge is 2.01. The Morgan fingerprint density at radius 1 is 1.06 bits per heavy atom. The van der Waals surface area contributed by atoms with Gasteiger partial charge in [0.1, 0.15) is 0 Å². The summed E-state index contributed by atoms with van der Waals surface area (Å²) in [6.07, 6.45) is 1.81. The van der Waals surface area contributed by atoms with Gasteiger partial charge in [-0.1, -0.05) is 24.3 Å². The number of nitrogens with zero attached hydrogens (tertiary/aromatic N) is 1. The van der Waals surface area contributed by atoms with Gasteiger partial charge in [-0.15, -0.1) is 0 Å². The summed E-state index contributed by atoms with van der Waals surface area (Å²) in [4.78, 5) is 4.18. The molecule has 1 aromatic carbocycles. The molecule has 1 atom stereocenters. The van der Waals surface area contributed by atoms with Crippen LogP contribution in [0.5, 0.6) is 5.88 Å². The van der Waals surface area contributed by atoms with Gasteiger partial charge in [0.25, 0.3) is 0 Å². The van der Waals surface area contributed by atoms with Crippen LogP contribution in [0.3, 0.4) is 0 Å². The van der Waals surface area contributed by atoms with Crippen molar-refractivity contribution in [3.8, 4) is 17.0 Å². The van der Waals surface area contributed by atoms with Gasteiger partial charge < -0.3 is 10.5 Å². The minimum Gasteiger partial charge on any atom is -0.481 e. The highest BCUT2D eigenvalue weighted by Crippen LogP contribution is 2.22. The van der Waals surface area contributed by atoms with Gasteiger partial charge in [-0.05, 0) is 24.1 Å². The van der Waals surface area contributed by atoms with Crippen molar-refractivity contribution in [1.29, 1.82) is 0 Å². The van der Waals surface area contributed by atoms with E-state index in [0.29, 0.717) is 5.88 Å². The number of benzene rings is 1. The third-order valence-electron chi connectivity index (χ3n) is 2.72. The Morgan fingerprint density at radius 3 is 2.18 bits per heavy atom. The van der Waals surface area contributed by atoms with Crippen LogP contribution in [0.1, 0.15) is 18.5 Å². The number of nitrogens with two attached hydrogens (primary N) is 1. The molecule has 2 N–H and O–H groups in total. The highest BCUT2D eigenvalue weighted by atomic mass is 16.5. The molecule has 0 saturated carbocycles. The average Bonchev–Trinajstić information content (AvgIpc) is 2.39. The molecule has 0 aliphatic carbocycles. The van der Waals surface area contributed by atoms with Crippen molar-refractivity contribution >= 4 is 0 Å². The molecule has 0 bridgehead atoms. The number of hydrogen-bond acceptors (Lipinski definition) is 3. The summed E-state index contributed by atoms with van der Waals surface area (Å²) in [6.45, 7) is 1.98. The van der Waals surface area contributed by atoms with Gasteiger partial charge in [-0.25, -0.2) is 4.98 Å². The van der Waals surface area contributed by atoms with Crippen LogP contribution in [0, 0.1) is 0 Å². The fraction of sp³-hybridized carbons (Fsp3) is 0.214. The second-order valence-electron chi connectivity index (χ2n) is 4.00. The van der Waals surface area contributed by atoms with Crippen LogP contribution in [-0.2, 0) is 0 Å². The third-order valence-corrected chi connectivity index (χ3v) is 2.72. The van der Waals surface area contributed by atoms with E-state index >= 15 is 0 Å². The first-order chi connectivity index (χ1) is 8.20. The van der Waals surface area contributed by atoms with Crippen molar-refractivity contribution in [2.45, 2.75) is 13.0 Å². The molecule has 2 aromatic rings. The predicted octanol–water partition coefficient (Wildman–Crippen LogP) is 2.78. The zero-order valence-electron chi connectivity index (χ0n) is 10.1. The Morgan fingerprint density at radius 2 is 1.71 bits per heavy atom. The summed E-state index contributed by atoms with van der Waals surface area (Å²) < 4.78 is 5.03. The molecule has 0 saturated heterocycles. The quantitative estimate of drug-likeness (QED) is 0.878. The predicted molar refractivity (Wildman–Crippen MR) is 68.8 cm³/mol. The Bertz CT molecular complexity index is 475. The summed E-state index contributed by atoms with van der Waals surface area (Å²) in [7, 11) is 1.61. The van der Waals surface area contributed by atoms with E-state index in [4.69, 9.17) is 10.5 Å². The van der Waals surface area contributed by atoms with Gasteiger partial charge >= 0.3 is 0 Å². The minimum absolute atomic E-state index is 0.0676. The van der Waals surface area contributed by atoms with E-state index in [0.717, 1.165) is 16.7 Å². The highest BCUT2D eigenvalue weighted by molar-refractivity contribution is 5.63. The fourth-order valence-corrected chi connectivity index (χ4v) is 1.65. The number of methoxy groups -OCH3 is 1. The lowest BCUT2D eigenvalue weighted by Crippen LogP contribution is -2.04. The second kappa shape index (κ2) is 4.97. The third kappa shape index (κ3) is 2.63. The van der Waals surface area contributed by atoms with Gasteiger partial charge in [0.15, 0.2) is 0 Å². The molecule has 3 heteroatoms. The number of rotatable bonds is 3. The van der Waals surface area contributed by atoms with Crippen molar-refractivity contribution in [2.75, 3.05) is 7.11 Å².